The van der Waals surface area contributed by atoms with Crippen LogP contribution in [0.2, 0.25) is 0 Å². The van der Waals surface area contributed by atoms with Crippen molar-refractivity contribution in [2.45, 2.75) is 20.0 Å². The second-order valence-electron chi connectivity index (χ2n) is 6.44. The molecule has 0 aromatic heterocycles. The van der Waals surface area contributed by atoms with E-state index in [1.54, 1.807) is 64.5 Å². The van der Waals surface area contributed by atoms with Crippen LogP contribution in [0, 0.1) is 6.92 Å². The smallest absolute Gasteiger partial charge is 0.346 e. The molecular formula is C22H22O7. The van der Waals surface area contributed by atoms with Crippen molar-refractivity contribution in [2.24, 2.45) is 0 Å². The molecule has 29 heavy (non-hydrogen) atoms. The summed E-state index contributed by atoms with van der Waals surface area (Å²) >= 11 is 0. The van der Waals surface area contributed by atoms with Crippen LogP contribution in [0.15, 0.2) is 36.1 Å². The summed E-state index contributed by atoms with van der Waals surface area (Å²) in [4.78, 5) is 24.4. The van der Waals surface area contributed by atoms with Crippen molar-refractivity contribution in [2.75, 3.05) is 21.3 Å². The molecule has 2 aromatic carbocycles. The number of ketones is 1. The number of allylic oxidation sites excluding steroid dienone is 1. The van der Waals surface area contributed by atoms with Crippen LogP contribution in [0.3, 0.4) is 0 Å². The zero-order valence-corrected chi connectivity index (χ0v) is 16.9. The van der Waals surface area contributed by atoms with Crippen molar-refractivity contribution in [1.82, 2.24) is 0 Å². The predicted molar refractivity (Wildman–Crippen MR) is 106 cm³/mol. The van der Waals surface area contributed by atoms with E-state index >= 15 is 0 Å². The monoisotopic (exact) mass is 398 g/mol. The molecule has 7 heteroatoms. The third-order valence-corrected chi connectivity index (χ3v) is 4.52. The zero-order valence-electron chi connectivity index (χ0n) is 16.9. The van der Waals surface area contributed by atoms with Crippen molar-refractivity contribution in [3.63, 3.8) is 0 Å². The Kier molecular flexibility index (Phi) is 5.77. The first-order valence-electron chi connectivity index (χ1n) is 8.93. The Morgan fingerprint density at radius 3 is 2.48 bits per heavy atom. The number of hydrogen-bond donors (Lipinski definition) is 0. The van der Waals surface area contributed by atoms with Gasteiger partial charge in [-0.15, -0.1) is 0 Å². The highest BCUT2D eigenvalue weighted by Gasteiger charge is 2.31. The van der Waals surface area contributed by atoms with Crippen LogP contribution in [0.25, 0.3) is 6.08 Å². The van der Waals surface area contributed by atoms with Gasteiger partial charge < -0.3 is 23.7 Å². The summed E-state index contributed by atoms with van der Waals surface area (Å²) < 4.78 is 26.6. The van der Waals surface area contributed by atoms with E-state index in [1.165, 1.54) is 7.11 Å². The first kappa shape index (κ1) is 20.3. The van der Waals surface area contributed by atoms with Crippen LogP contribution >= 0.6 is 0 Å². The van der Waals surface area contributed by atoms with Gasteiger partial charge in [0.25, 0.3) is 0 Å². The number of aryl methyl sites for hydroxylation is 1. The van der Waals surface area contributed by atoms with E-state index in [2.05, 4.69) is 4.74 Å². The second kappa shape index (κ2) is 8.26. The Balaban J connectivity index is 1.92. The van der Waals surface area contributed by atoms with Gasteiger partial charge in [0.1, 0.15) is 23.0 Å². The maximum absolute atomic E-state index is 12.9. The summed E-state index contributed by atoms with van der Waals surface area (Å²) in [7, 11) is 4.40. The Labute approximate surface area is 168 Å². The van der Waals surface area contributed by atoms with E-state index < -0.39 is 12.1 Å². The molecule has 3 rings (SSSR count). The summed E-state index contributed by atoms with van der Waals surface area (Å²) in [6, 6.07) is 8.56. The Morgan fingerprint density at radius 1 is 1.07 bits per heavy atom. The third kappa shape index (κ3) is 4.03. The van der Waals surface area contributed by atoms with Gasteiger partial charge in [-0.1, -0.05) is 0 Å². The Bertz CT molecular complexity index is 991. The molecule has 0 N–H and O–H groups in total. The largest absolute Gasteiger partial charge is 0.497 e. The van der Waals surface area contributed by atoms with Gasteiger partial charge in [0.2, 0.25) is 5.78 Å². The molecule has 0 radical (unpaired) electrons. The average Bonchev–Trinajstić information content (AvgIpc) is 3.03. The number of carbonyl (C=O) groups is 2. The van der Waals surface area contributed by atoms with Crippen LogP contribution in [0.1, 0.15) is 28.4 Å². The van der Waals surface area contributed by atoms with Gasteiger partial charge in [-0.3, -0.25) is 4.79 Å². The van der Waals surface area contributed by atoms with Crippen LogP contribution < -0.4 is 18.9 Å². The van der Waals surface area contributed by atoms with E-state index in [-0.39, 0.29) is 11.5 Å². The minimum Gasteiger partial charge on any atom is -0.497 e. The molecule has 152 valence electrons. The molecule has 0 saturated carbocycles. The molecule has 7 nitrogen and oxygen atoms in total. The van der Waals surface area contributed by atoms with Crippen molar-refractivity contribution in [1.29, 1.82) is 0 Å². The van der Waals surface area contributed by atoms with E-state index in [4.69, 9.17) is 18.9 Å². The molecule has 0 bridgehead atoms. The SMILES string of the molecule is COC(=O)C(C)Oc1cc(C)c2c(c1)O/C(=C\c1ccc(OC)cc1OC)C2=O. The molecule has 0 saturated heterocycles. The third-order valence-electron chi connectivity index (χ3n) is 4.52. The molecule has 0 spiro atoms. The van der Waals surface area contributed by atoms with Crippen molar-refractivity contribution in [3.05, 3.63) is 52.8 Å². The van der Waals surface area contributed by atoms with Gasteiger partial charge in [-0.25, -0.2) is 4.79 Å². The van der Waals surface area contributed by atoms with E-state index in [0.717, 1.165) is 0 Å². The Morgan fingerprint density at radius 2 is 1.83 bits per heavy atom. The van der Waals surface area contributed by atoms with E-state index in [0.29, 0.717) is 39.7 Å². The molecule has 0 fully saturated rings. The van der Waals surface area contributed by atoms with Crippen LogP contribution in [0.4, 0.5) is 0 Å². The topological polar surface area (TPSA) is 80.3 Å². The fourth-order valence-corrected chi connectivity index (χ4v) is 3.04. The minimum absolute atomic E-state index is 0.171. The van der Waals surface area contributed by atoms with Gasteiger partial charge >= 0.3 is 5.97 Å². The maximum Gasteiger partial charge on any atom is 0.346 e. The first-order valence-corrected chi connectivity index (χ1v) is 8.93. The summed E-state index contributed by atoms with van der Waals surface area (Å²) in [6.45, 7) is 3.37. The molecule has 1 aliphatic rings. The average molecular weight is 398 g/mol. The molecule has 1 unspecified atom stereocenters. The molecule has 2 aromatic rings. The van der Waals surface area contributed by atoms with Crippen LogP contribution in [-0.2, 0) is 9.53 Å². The highest BCUT2D eigenvalue weighted by atomic mass is 16.6. The summed E-state index contributed by atoms with van der Waals surface area (Å²) in [5.74, 6) is 1.43. The minimum atomic E-state index is -0.784. The van der Waals surface area contributed by atoms with Gasteiger partial charge in [-0.05, 0) is 43.7 Å². The van der Waals surface area contributed by atoms with Gasteiger partial charge in [0.05, 0.1) is 26.9 Å². The van der Waals surface area contributed by atoms with Crippen LogP contribution in [-0.4, -0.2) is 39.2 Å². The molecule has 0 aliphatic carbocycles. The summed E-state index contributed by atoms with van der Waals surface area (Å²) in [5.41, 5.74) is 1.82. The van der Waals surface area contributed by atoms with Crippen molar-refractivity contribution in [3.8, 4) is 23.0 Å². The van der Waals surface area contributed by atoms with Gasteiger partial charge in [0, 0.05) is 17.7 Å². The number of rotatable bonds is 6. The quantitative estimate of drug-likeness (QED) is 0.544. The lowest BCUT2D eigenvalue weighted by Crippen LogP contribution is -2.24. The standard InChI is InChI=1S/C22H22O7/c1-12-8-16(28-13(2)22(24)27-5)11-18-20(12)21(23)19(29-18)9-14-6-7-15(25-3)10-17(14)26-4/h6-11,13H,1-5H3/b19-9-. The molecule has 0 amide bonds. The summed E-state index contributed by atoms with van der Waals surface area (Å²) in [6.07, 6.45) is 0.839. The molecule has 1 aliphatic heterocycles. The fraction of sp³-hybridized carbons (Fsp3) is 0.273. The number of Topliss-reactive ketones (excluding diaryl/α,β-unsaturated/α-hetero) is 1. The number of methoxy groups -OCH3 is 3. The number of hydrogen-bond acceptors (Lipinski definition) is 7. The van der Waals surface area contributed by atoms with Crippen molar-refractivity contribution < 1.29 is 33.3 Å². The number of fused-ring (bicyclic) bond motifs is 1. The van der Waals surface area contributed by atoms with E-state index in [9.17, 15) is 9.59 Å². The maximum atomic E-state index is 12.9. The number of carbonyl (C=O) groups excluding carboxylic acids is 2. The highest BCUT2D eigenvalue weighted by molar-refractivity contribution is 6.15. The lowest BCUT2D eigenvalue weighted by molar-refractivity contribution is -0.147. The molecule has 1 heterocycles. The van der Waals surface area contributed by atoms with Gasteiger partial charge in [-0.2, -0.15) is 0 Å². The molecular weight excluding hydrogens is 376 g/mol. The van der Waals surface area contributed by atoms with E-state index in [1.807, 2.05) is 0 Å². The van der Waals surface area contributed by atoms with Crippen LogP contribution in [0.5, 0.6) is 23.0 Å². The number of esters is 1. The Hall–Kier alpha value is -3.48. The first-order chi connectivity index (χ1) is 13.9. The highest BCUT2D eigenvalue weighted by Crippen LogP contribution is 2.38. The lowest BCUT2D eigenvalue weighted by Gasteiger charge is -2.13. The molecule has 1 atom stereocenters. The predicted octanol–water partition coefficient (Wildman–Crippen LogP) is 3.57. The number of ether oxygens (including phenoxy) is 5. The number of benzene rings is 2. The fourth-order valence-electron chi connectivity index (χ4n) is 3.04. The normalized spacial score (nSPS) is 14.8. The lowest BCUT2D eigenvalue weighted by atomic mass is 10.0. The summed E-state index contributed by atoms with van der Waals surface area (Å²) in [5, 5.41) is 0. The zero-order chi connectivity index (χ0) is 21.1. The van der Waals surface area contributed by atoms with Crippen molar-refractivity contribution >= 4 is 17.8 Å². The second-order valence-corrected chi connectivity index (χ2v) is 6.44. The van der Waals surface area contributed by atoms with Gasteiger partial charge in [0.15, 0.2) is 11.9 Å².